The Balaban J connectivity index is 1.49. The van der Waals surface area contributed by atoms with Gasteiger partial charge in [0.05, 0.1) is 11.4 Å². The van der Waals surface area contributed by atoms with Crippen molar-refractivity contribution in [1.29, 1.82) is 0 Å². The summed E-state index contributed by atoms with van der Waals surface area (Å²) in [6.45, 7) is 9.62. The van der Waals surface area contributed by atoms with E-state index in [9.17, 15) is 0 Å². The van der Waals surface area contributed by atoms with E-state index in [-0.39, 0.29) is 0 Å². The van der Waals surface area contributed by atoms with Gasteiger partial charge in [0.1, 0.15) is 11.6 Å². The van der Waals surface area contributed by atoms with Crippen LogP contribution in [0.5, 0.6) is 0 Å². The van der Waals surface area contributed by atoms with Gasteiger partial charge in [0.15, 0.2) is 6.39 Å². The molecule has 5 nitrogen and oxygen atoms in total. The summed E-state index contributed by atoms with van der Waals surface area (Å²) in [5.74, 6) is 2.64. The Labute approximate surface area is 144 Å². The second kappa shape index (κ2) is 6.36. The third-order valence-electron chi connectivity index (χ3n) is 5.53. The Bertz CT molecular complexity index is 715. The first-order valence-electron chi connectivity index (χ1n) is 9.34. The number of hydrogen-bond acceptors (Lipinski definition) is 4. The van der Waals surface area contributed by atoms with Gasteiger partial charge in [-0.05, 0) is 39.0 Å². The van der Waals surface area contributed by atoms with E-state index in [0.29, 0.717) is 12.0 Å². The van der Waals surface area contributed by atoms with E-state index in [1.165, 1.54) is 42.9 Å². The summed E-state index contributed by atoms with van der Waals surface area (Å²) in [6, 6.07) is 0.564. The molecule has 4 rings (SSSR count). The summed E-state index contributed by atoms with van der Waals surface area (Å²) in [5, 5.41) is 0. The highest BCUT2D eigenvalue weighted by Crippen LogP contribution is 2.31. The van der Waals surface area contributed by atoms with Crippen LogP contribution in [0.4, 0.5) is 0 Å². The van der Waals surface area contributed by atoms with Gasteiger partial charge in [-0.25, -0.2) is 9.97 Å². The SMILES string of the molecule is Cc1nc2c(n1[C@H]1CCN(Cc3ncoc3C(C)C)C1)CCCC2. The van der Waals surface area contributed by atoms with Crippen LogP contribution in [0.15, 0.2) is 10.8 Å². The average molecular weight is 328 g/mol. The minimum Gasteiger partial charge on any atom is -0.448 e. The highest BCUT2D eigenvalue weighted by atomic mass is 16.3. The first kappa shape index (κ1) is 15.9. The minimum absolute atomic E-state index is 0.392. The summed E-state index contributed by atoms with van der Waals surface area (Å²) in [7, 11) is 0. The molecule has 1 aliphatic carbocycles. The maximum atomic E-state index is 5.58. The van der Waals surface area contributed by atoms with Crippen molar-refractivity contribution in [2.75, 3.05) is 13.1 Å². The molecule has 2 aromatic rings. The summed E-state index contributed by atoms with van der Waals surface area (Å²) < 4.78 is 8.12. The zero-order valence-electron chi connectivity index (χ0n) is 15.1. The smallest absolute Gasteiger partial charge is 0.181 e. The zero-order valence-corrected chi connectivity index (χ0v) is 15.1. The predicted molar refractivity (Wildman–Crippen MR) is 93.1 cm³/mol. The molecule has 3 heterocycles. The Kier molecular flexibility index (Phi) is 4.21. The number of likely N-dealkylation sites (tertiary alicyclic amines) is 1. The van der Waals surface area contributed by atoms with Gasteiger partial charge >= 0.3 is 0 Å². The van der Waals surface area contributed by atoms with Crippen LogP contribution in [0.1, 0.15) is 73.7 Å². The molecule has 1 aliphatic heterocycles. The van der Waals surface area contributed by atoms with Crippen LogP contribution in [-0.2, 0) is 19.4 Å². The van der Waals surface area contributed by atoms with Gasteiger partial charge in [-0.3, -0.25) is 4.90 Å². The maximum Gasteiger partial charge on any atom is 0.181 e. The molecule has 0 N–H and O–H groups in total. The normalized spacial score (nSPS) is 21.6. The fourth-order valence-electron chi connectivity index (χ4n) is 4.43. The zero-order chi connectivity index (χ0) is 16.7. The summed E-state index contributed by atoms with van der Waals surface area (Å²) in [4.78, 5) is 11.8. The Morgan fingerprint density at radius 3 is 2.96 bits per heavy atom. The molecule has 1 saturated heterocycles. The second-order valence-electron chi connectivity index (χ2n) is 7.63. The molecule has 0 bridgehead atoms. The second-order valence-corrected chi connectivity index (χ2v) is 7.63. The molecule has 0 aromatic carbocycles. The largest absolute Gasteiger partial charge is 0.448 e. The van der Waals surface area contributed by atoms with Crippen molar-refractivity contribution in [2.24, 2.45) is 0 Å². The van der Waals surface area contributed by atoms with Gasteiger partial charge in [-0.1, -0.05) is 13.8 Å². The Morgan fingerprint density at radius 2 is 2.12 bits per heavy atom. The molecule has 0 saturated carbocycles. The van der Waals surface area contributed by atoms with Gasteiger partial charge in [0.2, 0.25) is 0 Å². The fraction of sp³-hybridized carbons (Fsp3) is 0.684. The molecule has 0 amide bonds. The third kappa shape index (κ3) is 2.79. The Hall–Kier alpha value is -1.62. The maximum absolute atomic E-state index is 5.58. The topological polar surface area (TPSA) is 47.1 Å². The highest BCUT2D eigenvalue weighted by Gasteiger charge is 2.30. The Morgan fingerprint density at radius 1 is 1.29 bits per heavy atom. The lowest BCUT2D eigenvalue weighted by molar-refractivity contribution is 0.307. The molecule has 0 radical (unpaired) electrons. The molecule has 24 heavy (non-hydrogen) atoms. The first-order valence-corrected chi connectivity index (χ1v) is 9.34. The van der Waals surface area contributed by atoms with E-state index in [1.807, 2.05) is 0 Å². The molecule has 1 atom stereocenters. The van der Waals surface area contributed by atoms with Crippen molar-refractivity contribution in [3.05, 3.63) is 35.1 Å². The molecule has 130 valence electrons. The molecule has 2 aromatic heterocycles. The van der Waals surface area contributed by atoms with Gasteiger partial charge in [0.25, 0.3) is 0 Å². The van der Waals surface area contributed by atoms with Crippen molar-refractivity contribution < 1.29 is 4.42 Å². The number of rotatable bonds is 4. The van der Waals surface area contributed by atoms with Gasteiger partial charge < -0.3 is 8.98 Å². The number of oxazole rings is 1. The standard InChI is InChI=1S/C19H28N4O/c1-13(2)19-17(20-12-24-19)11-22-9-8-15(10-22)23-14(3)21-16-6-4-5-7-18(16)23/h12-13,15H,4-11H2,1-3H3/t15-/m0/s1. The lowest BCUT2D eigenvalue weighted by Gasteiger charge is -2.21. The van der Waals surface area contributed by atoms with Crippen LogP contribution in [0.25, 0.3) is 0 Å². The van der Waals surface area contributed by atoms with Crippen molar-refractivity contribution in [2.45, 2.75) is 71.4 Å². The number of imidazole rings is 1. The van der Waals surface area contributed by atoms with E-state index in [0.717, 1.165) is 37.5 Å². The molecule has 1 fully saturated rings. The van der Waals surface area contributed by atoms with Crippen LogP contribution < -0.4 is 0 Å². The lowest BCUT2D eigenvalue weighted by Crippen LogP contribution is -2.23. The van der Waals surface area contributed by atoms with Crippen molar-refractivity contribution in [1.82, 2.24) is 19.4 Å². The van der Waals surface area contributed by atoms with Gasteiger partial charge in [0, 0.05) is 37.3 Å². The van der Waals surface area contributed by atoms with E-state index < -0.39 is 0 Å². The molecular formula is C19H28N4O. The quantitative estimate of drug-likeness (QED) is 0.860. The molecule has 5 heteroatoms. The van der Waals surface area contributed by atoms with Crippen molar-refractivity contribution >= 4 is 0 Å². The summed E-state index contributed by atoms with van der Waals surface area (Å²) in [5.41, 5.74) is 3.97. The highest BCUT2D eigenvalue weighted by molar-refractivity contribution is 5.21. The van der Waals surface area contributed by atoms with E-state index in [1.54, 1.807) is 6.39 Å². The van der Waals surface area contributed by atoms with Crippen molar-refractivity contribution in [3.63, 3.8) is 0 Å². The summed E-state index contributed by atoms with van der Waals surface area (Å²) >= 11 is 0. The van der Waals surface area contributed by atoms with Crippen LogP contribution >= 0.6 is 0 Å². The van der Waals surface area contributed by atoms with Crippen molar-refractivity contribution in [3.8, 4) is 0 Å². The van der Waals surface area contributed by atoms with E-state index >= 15 is 0 Å². The average Bonchev–Trinajstić information content (AvgIpc) is 3.25. The monoisotopic (exact) mass is 328 g/mol. The lowest BCUT2D eigenvalue weighted by atomic mass is 10.0. The van der Waals surface area contributed by atoms with E-state index in [2.05, 4.69) is 35.2 Å². The van der Waals surface area contributed by atoms with Gasteiger partial charge in [-0.15, -0.1) is 0 Å². The van der Waals surface area contributed by atoms with Crippen LogP contribution in [0.2, 0.25) is 0 Å². The predicted octanol–water partition coefficient (Wildman–Crippen LogP) is 3.63. The van der Waals surface area contributed by atoms with Crippen LogP contribution in [0.3, 0.4) is 0 Å². The summed E-state index contributed by atoms with van der Waals surface area (Å²) in [6.07, 6.45) is 7.77. The number of fused-ring (bicyclic) bond motifs is 1. The number of aromatic nitrogens is 3. The van der Waals surface area contributed by atoms with Gasteiger partial charge in [-0.2, -0.15) is 0 Å². The van der Waals surface area contributed by atoms with E-state index in [4.69, 9.17) is 9.40 Å². The molecule has 0 unspecified atom stereocenters. The third-order valence-corrected chi connectivity index (χ3v) is 5.53. The number of aryl methyl sites for hydroxylation is 2. The fourth-order valence-corrected chi connectivity index (χ4v) is 4.43. The number of nitrogens with zero attached hydrogens (tertiary/aromatic N) is 4. The molecule has 0 spiro atoms. The minimum atomic E-state index is 0.392. The van der Waals surface area contributed by atoms with Crippen LogP contribution in [-0.4, -0.2) is 32.5 Å². The first-order chi connectivity index (χ1) is 11.6. The molecular weight excluding hydrogens is 300 g/mol. The number of hydrogen-bond donors (Lipinski definition) is 0. The van der Waals surface area contributed by atoms with Crippen LogP contribution in [0, 0.1) is 6.92 Å². The molecule has 2 aliphatic rings.